The van der Waals surface area contributed by atoms with Gasteiger partial charge in [-0.25, -0.2) is 4.79 Å². The summed E-state index contributed by atoms with van der Waals surface area (Å²) in [6.07, 6.45) is 2.03. The first kappa shape index (κ1) is 20.0. The number of amides is 3. The highest BCUT2D eigenvalue weighted by Gasteiger charge is 2.30. The van der Waals surface area contributed by atoms with Gasteiger partial charge in [-0.05, 0) is 36.2 Å². The van der Waals surface area contributed by atoms with Crippen LogP contribution in [0.3, 0.4) is 0 Å². The van der Waals surface area contributed by atoms with E-state index in [1.807, 2.05) is 42.6 Å². The number of hydrogen-bond donors (Lipinski definition) is 3. The van der Waals surface area contributed by atoms with Crippen molar-refractivity contribution in [2.24, 2.45) is 0 Å². The van der Waals surface area contributed by atoms with Gasteiger partial charge in [-0.15, -0.1) is 0 Å². The van der Waals surface area contributed by atoms with E-state index in [0.29, 0.717) is 19.6 Å². The van der Waals surface area contributed by atoms with E-state index in [4.69, 9.17) is 4.74 Å². The van der Waals surface area contributed by atoms with Gasteiger partial charge in [0.2, 0.25) is 5.91 Å². The fraction of sp³-hybridized carbons (Fsp3) is 0.304. The summed E-state index contributed by atoms with van der Waals surface area (Å²) in [5.41, 5.74) is 3.34. The van der Waals surface area contributed by atoms with Crippen molar-refractivity contribution in [2.75, 3.05) is 26.7 Å². The summed E-state index contributed by atoms with van der Waals surface area (Å²) < 4.78 is 5.30. The fourth-order valence-corrected chi connectivity index (χ4v) is 3.92. The molecule has 1 aromatic heterocycles. The van der Waals surface area contributed by atoms with Crippen molar-refractivity contribution in [3.8, 4) is 5.75 Å². The Bertz CT molecular complexity index is 1040. The molecule has 7 heteroatoms. The molecule has 2 heterocycles. The van der Waals surface area contributed by atoms with Crippen LogP contribution in [-0.4, -0.2) is 54.6 Å². The molecule has 3 aromatic rings. The Morgan fingerprint density at radius 2 is 1.97 bits per heavy atom. The van der Waals surface area contributed by atoms with Crippen LogP contribution in [0.15, 0.2) is 54.7 Å². The fourth-order valence-electron chi connectivity index (χ4n) is 3.92. The minimum atomic E-state index is -0.472. The third-order valence-corrected chi connectivity index (χ3v) is 5.64. The van der Waals surface area contributed by atoms with E-state index < -0.39 is 6.04 Å². The number of benzene rings is 2. The van der Waals surface area contributed by atoms with E-state index in [1.54, 1.807) is 14.0 Å². The lowest BCUT2D eigenvalue weighted by Gasteiger charge is -2.23. The van der Waals surface area contributed by atoms with Gasteiger partial charge in [-0.3, -0.25) is 9.69 Å². The number of aromatic nitrogens is 1. The van der Waals surface area contributed by atoms with Crippen LogP contribution < -0.4 is 15.4 Å². The molecule has 0 saturated carbocycles. The van der Waals surface area contributed by atoms with Crippen LogP contribution in [-0.2, 0) is 4.79 Å². The molecule has 1 aliphatic heterocycles. The summed E-state index contributed by atoms with van der Waals surface area (Å²) >= 11 is 0. The number of H-pyrrole nitrogens is 1. The third-order valence-electron chi connectivity index (χ3n) is 5.64. The second-order valence-corrected chi connectivity index (χ2v) is 7.47. The summed E-state index contributed by atoms with van der Waals surface area (Å²) in [6, 6.07) is 15.4. The number of nitrogens with zero attached hydrogens (tertiary/aromatic N) is 1. The largest absolute Gasteiger partial charge is 0.497 e. The van der Waals surface area contributed by atoms with Gasteiger partial charge in [0.1, 0.15) is 5.75 Å². The Kier molecular flexibility index (Phi) is 5.72. The summed E-state index contributed by atoms with van der Waals surface area (Å²) in [5.74, 6) is 0.611. The SMILES string of the molecule is COc1ccc([C@@H](CN[C@@H](C)C(=O)N2CCNC2=O)c2c[nH]c3ccccc23)cc1. The van der Waals surface area contributed by atoms with Crippen LogP contribution >= 0.6 is 0 Å². The molecule has 2 aromatic carbocycles. The zero-order valence-corrected chi connectivity index (χ0v) is 17.1. The van der Waals surface area contributed by atoms with Crippen LogP contribution in [0.5, 0.6) is 5.75 Å². The van der Waals surface area contributed by atoms with Gasteiger partial charge in [0.15, 0.2) is 0 Å². The normalized spacial score (nSPS) is 15.8. The monoisotopic (exact) mass is 406 g/mol. The average molecular weight is 406 g/mol. The number of rotatable bonds is 7. The average Bonchev–Trinajstić information content (AvgIpc) is 3.40. The highest BCUT2D eigenvalue weighted by molar-refractivity contribution is 5.98. The minimum absolute atomic E-state index is 0.0229. The van der Waals surface area contributed by atoms with Gasteiger partial charge in [0, 0.05) is 42.7 Å². The van der Waals surface area contributed by atoms with Crippen LogP contribution in [0.1, 0.15) is 24.0 Å². The summed E-state index contributed by atoms with van der Waals surface area (Å²) in [6.45, 7) is 3.26. The van der Waals surface area contributed by atoms with Crippen LogP contribution in [0, 0.1) is 0 Å². The molecule has 0 aliphatic carbocycles. The first-order chi connectivity index (χ1) is 14.6. The number of ether oxygens (including phenoxy) is 1. The molecule has 30 heavy (non-hydrogen) atoms. The molecular weight excluding hydrogens is 380 g/mol. The number of carbonyl (C=O) groups is 2. The van der Waals surface area contributed by atoms with Gasteiger partial charge in [0.05, 0.1) is 13.2 Å². The second kappa shape index (κ2) is 8.59. The predicted octanol–water partition coefficient (Wildman–Crippen LogP) is 2.84. The van der Waals surface area contributed by atoms with Gasteiger partial charge in [-0.2, -0.15) is 0 Å². The number of nitrogens with one attached hydrogen (secondary N) is 3. The van der Waals surface area contributed by atoms with Crippen LogP contribution in [0.4, 0.5) is 4.79 Å². The molecular formula is C23H26N4O3. The molecule has 0 radical (unpaired) electrons. The first-order valence-corrected chi connectivity index (χ1v) is 10.1. The lowest BCUT2D eigenvalue weighted by Crippen LogP contribution is -2.47. The number of imide groups is 1. The van der Waals surface area contributed by atoms with E-state index in [2.05, 4.69) is 27.8 Å². The summed E-state index contributed by atoms with van der Waals surface area (Å²) in [4.78, 5) is 29.1. The number of aromatic amines is 1. The number of fused-ring (bicyclic) bond motifs is 1. The van der Waals surface area contributed by atoms with E-state index in [0.717, 1.165) is 27.8 Å². The molecule has 4 rings (SSSR count). The highest BCUT2D eigenvalue weighted by Crippen LogP contribution is 2.31. The van der Waals surface area contributed by atoms with E-state index in [9.17, 15) is 9.59 Å². The standard InChI is InChI=1S/C23H26N4O3/c1-15(22(28)27-12-11-24-23(27)29)25-13-19(16-7-9-17(30-2)10-8-16)20-14-26-21-6-4-3-5-18(20)21/h3-10,14-15,19,25-26H,11-13H2,1-2H3,(H,24,29)/t15-,19+/m0/s1. The molecule has 2 atom stereocenters. The van der Waals surface area contributed by atoms with Crippen molar-refractivity contribution >= 4 is 22.8 Å². The smallest absolute Gasteiger partial charge is 0.324 e. The third kappa shape index (κ3) is 3.89. The molecule has 1 fully saturated rings. The lowest BCUT2D eigenvalue weighted by molar-refractivity contribution is -0.129. The van der Waals surface area contributed by atoms with Crippen molar-refractivity contribution < 1.29 is 14.3 Å². The molecule has 156 valence electrons. The maximum Gasteiger partial charge on any atom is 0.324 e. The predicted molar refractivity (Wildman–Crippen MR) is 116 cm³/mol. The van der Waals surface area contributed by atoms with Gasteiger partial charge < -0.3 is 20.4 Å². The van der Waals surface area contributed by atoms with Gasteiger partial charge in [0.25, 0.3) is 0 Å². The Hall–Kier alpha value is -3.32. The highest BCUT2D eigenvalue weighted by atomic mass is 16.5. The number of carbonyl (C=O) groups excluding carboxylic acids is 2. The summed E-state index contributed by atoms with van der Waals surface area (Å²) in [7, 11) is 1.65. The molecule has 1 saturated heterocycles. The van der Waals surface area contributed by atoms with Crippen molar-refractivity contribution in [2.45, 2.75) is 18.9 Å². The number of hydrogen-bond acceptors (Lipinski definition) is 4. The number of para-hydroxylation sites is 1. The zero-order chi connectivity index (χ0) is 21.1. The van der Waals surface area contributed by atoms with Gasteiger partial charge >= 0.3 is 6.03 Å². The molecule has 3 amide bonds. The molecule has 7 nitrogen and oxygen atoms in total. The molecule has 0 unspecified atom stereocenters. The Labute approximate surface area is 175 Å². The summed E-state index contributed by atoms with van der Waals surface area (Å²) in [5, 5.41) is 7.17. The van der Waals surface area contributed by atoms with Crippen molar-refractivity contribution in [3.05, 3.63) is 65.9 Å². The quantitative estimate of drug-likeness (QED) is 0.563. The Balaban J connectivity index is 1.58. The lowest BCUT2D eigenvalue weighted by atomic mass is 9.90. The van der Waals surface area contributed by atoms with E-state index in [1.165, 1.54) is 4.90 Å². The zero-order valence-electron chi connectivity index (χ0n) is 17.1. The Morgan fingerprint density at radius 1 is 1.20 bits per heavy atom. The molecule has 1 aliphatic rings. The van der Waals surface area contributed by atoms with Crippen LogP contribution in [0.2, 0.25) is 0 Å². The van der Waals surface area contributed by atoms with Gasteiger partial charge in [-0.1, -0.05) is 30.3 Å². The Morgan fingerprint density at radius 3 is 2.67 bits per heavy atom. The second-order valence-electron chi connectivity index (χ2n) is 7.47. The minimum Gasteiger partial charge on any atom is -0.497 e. The topological polar surface area (TPSA) is 86.5 Å². The van der Waals surface area contributed by atoms with E-state index in [-0.39, 0.29) is 17.9 Å². The van der Waals surface area contributed by atoms with E-state index >= 15 is 0 Å². The molecule has 0 bridgehead atoms. The molecule has 3 N–H and O–H groups in total. The van der Waals surface area contributed by atoms with Crippen molar-refractivity contribution in [3.63, 3.8) is 0 Å². The molecule has 0 spiro atoms. The van der Waals surface area contributed by atoms with Crippen LogP contribution in [0.25, 0.3) is 10.9 Å². The number of urea groups is 1. The maximum absolute atomic E-state index is 12.7. The van der Waals surface area contributed by atoms with Crippen molar-refractivity contribution in [1.82, 2.24) is 20.5 Å². The maximum atomic E-state index is 12.7. The first-order valence-electron chi connectivity index (χ1n) is 10.1. The number of methoxy groups -OCH3 is 1. The van der Waals surface area contributed by atoms with Crippen molar-refractivity contribution in [1.29, 1.82) is 0 Å².